The average Bonchev–Trinajstić information content (AvgIpc) is 2.82. The zero-order valence-electron chi connectivity index (χ0n) is 11.5. The molecule has 1 fully saturated rings. The molecule has 1 aromatic rings. The molecule has 21 heavy (non-hydrogen) atoms. The van der Waals surface area contributed by atoms with Crippen molar-refractivity contribution in [2.24, 2.45) is 0 Å². The minimum absolute atomic E-state index is 0.0937. The van der Waals surface area contributed by atoms with Gasteiger partial charge < -0.3 is 10.5 Å². The zero-order valence-corrected chi connectivity index (χ0v) is 13.2. The monoisotopic (exact) mass is 335 g/mol. The maximum Gasteiger partial charge on any atom is 0.304 e. The van der Waals surface area contributed by atoms with Gasteiger partial charge in [-0.25, -0.2) is 8.42 Å². The first kappa shape index (κ1) is 16.1. The first-order valence-corrected chi connectivity index (χ1v) is 8.77. The topological polar surface area (TPSA) is 116 Å². The number of sulfonamides is 1. The SMILES string of the molecule is CCOC1CCCN(S(=O)(=O)c2cc([N+](=O)[O-])c(N)s2)C1. The van der Waals surface area contributed by atoms with E-state index in [1.54, 1.807) is 0 Å². The molecule has 2 N–H and O–H groups in total. The molecule has 1 unspecified atom stereocenters. The van der Waals surface area contributed by atoms with Crippen LogP contribution in [-0.2, 0) is 14.8 Å². The van der Waals surface area contributed by atoms with Crippen LogP contribution in [0.4, 0.5) is 10.7 Å². The van der Waals surface area contributed by atoms with E-state index in [4.69, 9.17) is 10.5 Å². The van der Waals surface area contributed by atoms with Crippen LogP contribution in [0.2, 0.25) is 0 Å². The number of ether oxygens (including phenoxy) is 1. The number of nitrogen functional groups attached to an aromatic ring is 1. The Morgan fingerprint density at radius 1 is 1.62 bits per heavy atom. The van der Waals surface area contributed by atoms with E-state index in [-0.39, 0.29) is 27.5 Å². The second-order valence-electron chi connectivity index (χ2n) is 4.65. The van der Waals surface area contributed by atoms with Crippen LogP contribution in [0.1, 0.15) is 19.8 Å². The molecule has 0 saturated carbocycles. The van der Waals surface area contributed by atoms with Crippen molar-refractivity contribution < 1.29 is 18.1 Å². The van der Waals surface area contributed by atoms with Gasteiger partial charge in [-0.15, -0.1) is 0 Å². The highest BCUT2D eigenvalue weighted by Gasteiger charge is 2.33. The van der Waals surface area contributed by atoms with Crippen LogP contribution in [0.25, 0.3) is 0 Å². The first-order chi connectivity index (χ1) is 9.86. The van der Waals surface area contributed by atoms with Crippen molar-refractivity contribution in [3.63, 3.8) is 0 Å². The van der Waals surface area contributed by atoms with Gasteiger partial charge in [0, 0.05) is 25.8 Å². The summed E-state index contributed by atoms with van der Waals surface area (Å²) in [6.07, 6.45) is 1.38. The molecule has 1 saturated heterocycles. The number of nitrogens with zero attached hydrogens (tertiary/aromatic N) is 2. The van der Waals surface area contributed by atoms with Crippen LogP contribution in [0.3, 0.4) is 0 Å². The van der Waals surface area contributed by atoms with Crippen molar-refractivity contribution >= 4 is 32.0 Å². The molecule has 1 aliphatic heterocycles. The van der Waals surface area contributed by atoms with E-state index in [0.717, 1.165) is 23.8 Å². The molecule has 1 aromatic heterocycles. The van der Waals surface area contributed by atoms with Gasteiger partial charge in [0.05, 0.1) is 11.0 Å². The van der Waals surface area contributed by atoms with Crippen molar-refractivity contribution in [2.75, 3.05) is 25.4 Å². The molecule has 0 spiro atoms. The summed E-state index contributed by atoms with van der Waals surface area (Å²) in [5, 5.41) is 10.7. The number of hydrogen-bond donors (Lipinski definition) is 1. The van der Waals surface area contributed by atoms with Crippen LogP contribution < -0.4 is 5.73 Å². The maximum absolute atomic E-state index is 12.5. The molecule has 0 bridgehead atoms. The maximum atomic E-state index is 12.5. The number of anilines is 1. The minimum atomic E-state index is -3.76. The Morgan fingerprint density at radius 2 is 2.33 bits per heavy atom. The first-order valence-electron chi connectivity index (χ1n) is 6.51. The molecule has 1 aliphatic rings. The van der Waals surface area contributed by atoms with Crippen LogP contribution in [-0.4, -0.2) is 43.4 Å². The highest BCUT2D eigenvalue weighted by atomic mass is 32.2. The number of thiophene rings is 1. The van der Waals surface area contributed by atoms with Crippen molar-refractivity contribution in [2.45, 2.75) is 30.1 Å². The predicted molar refractivity (Wildman–Crippen MR) is 78.8 cm³/mol. The van der Waals surface area contributed by atoms with Crippen LogP contribution in [0.5, 0.6) is 0 Å². The van der Waals surface area contributed by atoms with Gasteiger partial charge in [0.2, 0.25) is 0 Å². The van der Waals surface area contributed by atoms with Crippen molar-refractivity contribution in [1.29, 1.82) is 0 Å². The van der Waals surface area contributed by atoms with E-state index >= 15 is 0 Å². The highest BCUT2D eigenvalue weighted by Crippen LogP contribution is 2.36. The van der Waals surface area contributed by atoms with Gasteiger partial charge in [-0.05, 0) is 19.8 Å². The van der Waals surface area contributed by atoms with E-state index in [1.807, 2.05) is 6.92 Å². The summed E-state index contributed by atoms with van der Waals surface area (Å²) in [7, 11) is -3.76. The lowest BCUT2D eigenvalue weighted by Gasteiger charge is -2.31. The smallest absolute Gasteiger partial charge is 0.304 e. The third-order valence-corrected chi connectivity index (χ3v) is 6.52. The fourth-order valence-electron chi connectivity index (χ4n) is 2.26. The molecule has 118 valence electrons. The molecule has 2 heterocycles. The zero-order chi connectivity index (χ0) is 15.6. The van der Waals surface area contributed by atoms with Gasteiger partial charge >= 0.3 is 5.69 Å². The third-order valence-electron chi connectivity index (χ3n) is 3.25. The lowest BCUT2D eigenvalue weighted by Crippen LogP contribution is -2.42. The molecule has 0 aliphatic carbocycles. The molecule has 1 atom stereocenters. The Balaban J connectivity index is 2.25. The van der Waals surface area contributed by atoms with Crippen molar-refractivity contribution in [3.05, 3.63) is 16.2 Å². The summed E-state index contributed by atoms with van der Waals surface area (Å²) in [6, 6.07) is 1.03. The van der Waals surface area contributed by atoms with E-state index in [1.165, 1.54) is 4.31 Å². The molecular weight excluding hydrogens is 318 g/mol. The molecule has 10 heteroatoms. The number of nitrogens with two attached hydrogens (primary N) is 1. The molecule has 2 rings (SSSR count). The summed E-state index contributed by atoms with van der Waals surface area (Å²) in [4.78, 5) is 10.1. The summed E-state index contributed by atoms with van der Waals surface area (Å²) in [5.41, 5.74) is 5.15. The van der Waals surface area contributed by atoms with Gasteiger partial charge in [-0.1, -0.05) is 11.3 Å². The molecular formula is C11H17N3O5S2. The Kier molecular flexibility index (Phi) is 4.81. The fraction of sp³-hybridized carbons (Fsp3) is 0.636. The van der Waals surface area contributed by atoms with Crippen molar-refractivity contribution in [3.8, 4) is 0 Å². The summed E-state index contributed by atoms with van der Waals surface area (Å²) >= 11 is 0.724. The standard InChI is InChI=1S/C11H17N3O5S2/c1-2-19-8-4-3-5-13(7-8)21(17,18)10-6-9(14(15)16)11(12)20-10/h6,8H,2-5,7,12H2,1H3. The lowest BCUT2D eigenvalue weighted by molar-refractivity contribution is -0.383. The Hall–Kier alpha value is -1.23. The quantitative estimate of drug-likeness (QED) is 0.643. The van der Waals surface area contributed by atoms with Crippen LogP contribution in [0, 0.1) is 10.1 Å². The molecule has 0 amide bonds. The Morgan fingerprint density at radius 3 is 2.90 bits per heavy atom. The number of piperidine rings is 1. The fourth-order valence-corrected chi connectivity index (χ4v) is 5.14. The summed E-state index contributed by atoms with van der Waals surface area (Å²) in [6.45, 7) is 3.03. The second kappa shape index (κ2) is 6.26. The summed E-state index contributed by atoms with van der Waals surface area (Å²) < 4.78 is 31.7. The van der Waals surface area contributed by atoms with Crippen molar-refractivity contribution in [1.82, 2.24) is 4.31 Å². The van der Waals surface area contributed by atoms with Gasteiger partial charge in [0.25, 0.3) is 10.0 Å². The van der Waals surface area contributed by atoms with Gasteiger partial charge in [0.1, 0.15) is 4.21 Å². The highest BCUT2D eigenvalue weighted by molar-refractivity contribution is 7.91. The van der Waals surface area contributed by atoms with Gasteiger partial charge in [-0.3, -0.25) is 10.1 Å². The minimum Gasteiger partial charge on any atom is -0.385 e. The summed E-state index contributed by atoms with van der Waals surface area (Å²) in [5.74, 6) is 0. The van der Waals surface area contributed by atoms with Gasteiger partial charge in [0.15, 0.2) is 5.00 Å². The number of rotatable bonds is 5. The molecule has 0 radical (unpaired) electrons. The van der Waals surface area contributed by atoms with E-state index in [2.05, 4.69) is 0 Å². The Bertz CT molecular complexity index is 626. The largest absolute Gasteiger partial charge is 0.385 e. The average molecular weight is 335 g/mol. The lowest BCUT2D eigenvalue weighted by atomic mass is 10.1. The molecule has 8 nitrogen and oxygen atoms in total. The predicted octanol–water partition coefficient (Wildman–Crippen LogP) is 1.43. The van der Waals surface area contributed by atoms with Gasteiger partial charge in [-0.2, -0.15) is 4.31 Å². The number of hydrogen-bond acceptors (Lipinski definition) is 7. The van der Waals surface area contributed by atoms with E-state index < -0.39 is 14.9 Å². The van der Waals surface area contributed by atoms with E-state index in [9.17, 15) is 18.5 Å². The third kappa shape index (κ3) is 3.34. The van der Waals surface area contributed by atoms with Crippen LogP contribution in [0.15, 0.2) is 10.3 Å². The normalized spacial score (nSPS) is 20.5. The number of nitro groups is 1. The Labute approximate surface area is 126 Å². The molecule has 0 aromatic carbocycles. The van der Waals surface area contributed by atoms with E-state index in [0.29, 0.717) is 19.6 Å². The second-order valence-corrected chi connectivity index (χ2v) is 7.90. The van der Waals surface area contributed by atoms with Crippen LogP contribution >= 0.6 is 11.3 Å².